The van der Waals surface area contributed by atoms with Crippen molar-refractivity contribution in [2.45, 2.75) is 65.0 Å². The largest absolute Gasteiger partial charge is 0.314 e. The average molecular weight is 302 g/mol. The average Bonchev–Trinajstić information content (AvgIpc) is 3.17. The van der Waals surface area contributed by atoms with Crippen LogP contribution in [0.2, 0.25) is 0 Å². The summed E-state index contributed by atoms with van der Waals surface area (Å²) in [6.07, 6.45) is 5.45. The molecule has 0 spiro atoms. The number of hydrogen-bond acceptors (Lipinski definition) is 3. The summed E-state index contributed by atoms with van der Waals surface area (Å²) >= 11 is 0. The van der Waals surface area contributed by atoms with Crippen molar-refractivity contribution in [2.75, 3.05) is 18.8 Å². The second-order valence-corrected chi connectivity index (χ2v) is 8.92. The van der Waals surface area contributed by atoms with E-state index in [1.807, 2.05) is 0 Å². The lowest BCUT2D eigenvalue weighted by molar-refractivity contribution is 0.157. The Morgan fingerprint density at radius 1 is 1.15 bits per heavy atom. The highest BCUT2D eigenvalue weighted by molar-refractivity contribution is 7.89. The van der Waals surface area contributed by atoms with Gasteiger partial charge in [0.1, 0.15) is 0 Å². The van der Waals surface area contributed by atoms with E-state index >= 15 is 0 Å². The van der Waals surface area contributed by atoms with Gasteiger partial charge in [-0.05, 0) is 57.4 Å². The Balaban J connectivity index is 1.78. The number of nitrogens with one attached hydrogen (secondary N) is 1. The maximum atomic E-state index is 12.5. The second kappa shape index (κ2) is 6.75. The predicted octanol–water partition coefficient (Wildman–Crippen LogP) is 2.21. The number of sulfonamides is 1. The summed E-state index contributed by atoms with van der Waals surface area (Å²) < 4.78 is 26.8. The van der Waals surface area contributed by atoms with E-state index in [1.165, 1.54) is 12.8 Å². The molecular formula is C15H30N2O2S. The summed E-state index contributed by atoms with van der Waals surface area (Å²) in [7, 11) is -3.08. The van der Waals surface area contributed by atoms with Crippen LogP contribution in [0.15, 0.2) is 0 Å². The monoisotopic (exact) mass is 302 g/mol. The van der Waals surface area contributed by atoms with Crippen LogP contribution in [0, 0.1) is 11.8 Å². The summed E-state index contributed by atoms with van der Waals surface area (Å²) in [5.41, 5.74) is 0. The molecular weight excluding hydrogens is 272 g/mol. The van der Waals surface area contributed by atoms with Crippen LogP contribution >= 0.6 is 0 Å². The van der Waals surface area contributed by atoms with Gasteiger partial charge in [-0.3, -0.25) is 0 Å². The molecule has 4 nitrogen and oxygen atoms in total. The number of nitrogens with zero attached hydrogens (tertiary/aromatic N) is 1. The van der Waals surface area contributed by atoms with Crippen LogP contribution in [0.1, 0.15) is 52.9 Å². The van der Waals surface area contributed by atoms with E-state index in [0.717, 1.165) is 31.8 Å². The zero-order chi connectivity index (χ0) is 14.8. The molecule has 1 N–H and O–H groups in total. The maximum absolute atomic E-state index is 12.5. The van der Waals surface area contributed by atoms with Crippen LogP contribution < -0.4 is 5.32 Å². The summed E-state index contributed by atoms with van der Waals surface area (Å²) in [5.74, 6) is 1.25. The summed E-state index contributed by atoms with van der Waals surface area (Å²) in [6.45, 7) is 8.05. The maximum Gasteiger partial charge on any atom is 0.214 e. The number of hydrogen-bond donors (Lipinski definition) is 1. The fraction of sp³-hybridized carbons (Fsp3) is 1.00. The van der Waals surface area contributed by atoms with E-state index in [4.69, 9.17) is 0 Å². The Morgan fingerprint density at radius 3 is 2.50 bits per heavy atom. The molecule has 5 heteroatoms. The minimum atomic E-state index is -3.08. The Bertz CT molecular complexity index is 406. The molecule has 2 aliphatic rings. The lowest BCUT2D eigenvalue weighted by atomic mass is 9.88. The SMILES string of the molecule is CC1CC(C)C(C)N(S(=O)(=O)CCCCNC2CC2)C1. The van der Waals surface area contributed by atoms with Crippen LogP contribution in [-0.2, 0) is 10.0 Å². The zero-order valence-electron chi connectivity index (χ0n) is 13.1. The Labute approximate surface area is 124 Å². The third-order valence-corrected chi connectivity index (χ3v) is 6.74. The molecule has 2 fully saturated rings. The quantitative estimate of drug-likeness (QED) is 0.734. The highest BCUT2D eigenvalue weighted by atomic mass is 32.2. The minimum Gasteiger partial charge on any atom is -0.314 e. The second-order valence-electron chi connectivity index (χ2n) is 6.88. The standard InChI is InChI=1S/C15H30N2O2S/c1-12-10-13(2)14(3)17(11-12)20(18,19)9-5-4-8-16-15-6-7-15/h12-16H,4-11H2,1-3H3. The molecule has 20 heavy (non-hydrogen) atoms. The Hall–Kier alpha value is -0.130. The van der Waals surface area contributed by atoms with Gasteiger partial charge in [0.05, 0.1) is 5.75 Å². The Kier molecular flexibility index (Phi) is 5.49. The van der Waals surface area contributed by atoms with Crippen molar-refractivity contribution in [3.63, 3.8) is 0 Å². The molecule has 0 amide bonds. The number of unbranched alkanes of at least 4 members (excludes halogenated alkanes) is 1. The molecule has 0 aromatic carbocycles. The zero-order valence-corrected chi connectivity index (χ0v) is 14.0. The molecule has 118 valence electrons. The van der Waals surface area contributed by atoms with Crippen LogP contribution in [0.25, 0.3) is 0 Å². The normalized spacial score (nSPS) is 32.5. The highest BCUT2D eigenvalue weighted by Gasteiger charge is 2.35. The molecule has 1 aliphatic carbocycles. The van der Waals surface area contributed by atoms with Crippen LogP contribution in [-0.4, -0.2) is 43.6 Å². The van der Waals surface area contributed by atoms with Gasteiger partial charge < -0.3 is 5.32 Å². The minimum absolute atomic E-state index is 0.154. The van der Waals surface area contributed by atoms with Crippen molar-refractivity contribution in [1.82, 2.24) is 9.62 Å². The van der Waals surface area contributed by atoms with E-state index in [1.54, 1.807) is 4.31 Å². The van der Waals surface area contributed by atoms with Crippen LogP contribution in [0.5, 0.6) is 0 Å². The first-order valence-electron chi connectivity index (χ1n) is 8.13. The summed E-state index contributed by atoms with van der Waals surface area (Å²) in [5, 5.41) is 3.44. The fourth-order valence-electron chi connectivity index (χ4n) is 3.15. The van der Waals surface area contributed by atoms with Gasteiger partial charge in [0.15, 0.2) is 0 Å². The molecule has 0 bridgehead atoms. The van der Waals surface area contributed by atoms with Crippen molar-refractivity contribution < 1.29 is 8.42 Å². The van der Waals surface area contributed by atoms with E-state index in [-0.39, 0.29) is 6.04 Å². The van der Waals surface area contributed by atoms with Gasteiger partial charge >= 0.3 is 0 Å². The third-order valence-electron chi connectivity index (χ3n) is 4.74. The van der Waals surface area contributed by atoms with Gasteiger partial charge in [-0.1, -0.05) is 13.8 Å². The lowest BCUT2D eigenvalue weighted by Gasteiger charge is -2.40. The molecule has 0 aromatic rings. The predicted molar refractivity (Wildman–Crippen MR) is 83.2 cm³/mol. The molecule has 2 rings (SSSR count). The highest BCUT2D eigenvalue weighted by Crippen LogP contribution is 2.29. The molecule has 3 unspecified atom stereocenters. The molecule has 0 aromatic heterocycles. The van der Waals surface area contributed by atoms with E-state index < -0.39 is 10.0 Å². The summed E-state index contributed by atoms with van der Waals surface area (Å²) in [4.78, 5) is 0. The third kappa shape index (κ3) is 4.43. The first-order valence-corrected chi connectivity index (χ1v) is 9.74. The molecule has 0 radical (unpaired) electrons. The smallest absolute Gasteiger partial charge is 0.214 e. The van der Waals surface area contributed by atoms with Crippen molar-refractivity contribution in [3.05, 3.63) is 0 Å². The first kappa shape index (κ1) is 16.2. The van der Waals surface area contributed by atoms with E-state index in [2.05, 4.69) is 26.1 Å². The Morgan fingerprint density at radius 2 is 1.85 bits per heavy atom. The van der Waals surface area contributed by atoms with Gasteiger partial charge in [-0.2, -0.15) is 4.31 Å². The van der Waals surface area contributed by atoms with Gasteiger partial charge in [0.2, 0.25) is 10.0 Å². The number of piperidine rings is 1. The molecule has 1 heterocycles. The lowest BCUT2D eigenvalue weighted by Crippen LogP contribution is -2.49. The van der Waals surface area contributed by atoms with Crippen molar-refractivity contribution >= 4 is 10.0 Å². The number of rotatable bonds is 7. The van der Waals surface area contributed by atoms with Crippen LogP contribution in [0.3, 0.4) is 0 Å². The molecule has 1 saturated heterocycles. The van der Waals surface area contributed by atoms with Crippen molar-refractivity contribution in [1.29, 1.82) is 0 Å². The van der Waals surface area contributed by atoms with Gasteiger partial charge in [0, 0.05) is 18.6 Å². The van der Waals surface area contributed by atoms with Crippen molar-refractivity contribution in [3.8, 4) is 0 Å². The van der Waals surface area contributed by atoms with E-state index in [0.29, 0.717) is 24.1 Å². The molecule has 1 aliphatic heterocycles. The van der Waals surface area contributed by atoms with Crippen molar-refractivity contribution in [2.24, 2.45) is 11.8 Å². The van der Waals surface area contributed by atoms with Gasteiger partial charge in [-0.25, -0.2) is 8.42 Å². The van der Waals surface area contributed by atoms with E-state index in [9.17, 15) is 8.42 Å². The fourth-order valence-corrected chi connectivity index (χ4v) is 5.15. The first-order chi connectivity index (χ1) is 9.40. The topological polar surface area (TPSA) is 49.4 Å². The van der Waals surface area contributed by atoms with Crippen LogP contribution in [0.4, 0.5) is 0 Å². The molecule has 3 atom stereocenters. The van der Waals surface area contributed by atoms with Gasteiger partial charge in [-0.15, -0.1) is 0 Å². The summed E-state index contributed by atoms with van der Waals surface area (Å²) in [6, 6.07) is 0.871. The van der Waals surface area contributed by atoms with Gasteiger partial charge in [0.25, 0.3) is 0 Å². The molecule has 1 saturated carbocycles.